The molecule has 1 unspecified atom stereocenters. The second-order valence-corrected chi connectivity index (χ2v) is 6.41. The average Bonchev–Trinajstić information content (AvgIpc) is 3.06. The molecule has 2 heterocycles. The number of hydrazine groups is 1. The van der Waals surface area contributed by atoms with Crippen LogP contribution in [0.4, 0.5) is 5.69 Å². The van der Waals surface area contributed by atoms with E-state index in [1.807, 2.05) is 61.5 Å². The highest BCUT2D eigenvalue weighted by Crippen LogP contribution is 2.25. The quantitative estimate of drug-likeness (QED) is 0.863. The van der Waals surface area contributed by atoms with Gasteiger partial charge in [0.15, 0.2) is 6.29 Å². The maximum absolute atomic E-state index is 12.5. The van der Waals surface area contributed by atoms with Crippen LogP contribution in [0.3, 0.4) is 0 Å². The molecule has 0 spiro atoms. The largest absolute Gasteiger partial charge is 0.336 e. The Hall–Kier alpha value is -2.86. The highest BCUT2D eigenvalue weighted by Gasteiger charge is 2.45. The van der Waals surface area contributed by atoms with E-state index in [0.717, 1.165) is 16.8 Å². The highest BCUT2D eigenvalue weighted by atomic mass is 16.2. The number of amides is 2. The van der Waals surface area contributed by atoms with Gasteiger partial charge in [-0.25, -0.2) is 0 Å². The summed E-state index contributed by atoms with van der Waals surface area (Å²) in [4.78, 5) is 28.6. The van der Waals surface area contributed by atoms with Crippen molar-refractivity contribution in [2.24, 2.45) is 0 Å². The molecule has 0 aromatic heterocycles. The van der Waals surface area contributed by atoms with Crippen molar-refractivity contribution >= 4 is 17.5 Å². The number of rotatable bonds is 3. The van der Waals surface area contributed by atoms with E-state index in [0.29, 0.717) is 19.6 Å². The number of anilines is 1. The second kappa shape index (κ2) is 6.22. The Balaban J connectivity index is 1.57. The van der Waals surface area contributed by atoms with E-state index in [-0.39, 0.29) is 6.29 Å². The van der Waals surface area contributed by atoms with Gasteiger partial charge in [0.1, 0.15) is 0 Å². The minimum atomic E-state index is -0.508. The summed E-state index contributed by atoms with van der Waals surface area (Å²) in [6, 6.07) is 17.9. The Morgan fingerprint density at radius 1 is 0.920 bits per heavy atom. The molecule has 1 atom stereocenters. The van der Waals surface area contributed by atoms with E-state index < -0.39 is 11.8 Å². The number of aryl methyl sites for hydroxylation is 1. The van der Waals surface area contributed by atoms with Gasteiger partial charge < -0.3 is 4.90 Å². The molecule has 1 N–H and O–H groups in total. The smallest absolute Gasteiger partial charge is 0.326 e. The van der Waals surface area contributed by atoms with Crippen LogP contribution in [0.15, 0.2) is 54.6 Å². The summed E-state index contributed by atoms with van der Waals surface area (Å²) in [6.07, 6.45) is -0.335. The number of carbonyl (C=O) groups excluding carboxylic acids is 2. The van der Waals surface area contributed by atoms with E-state index >= 15 is 0 Å². The van der Waals surface area contributed by atoms with Crippen LogP contribution in [0.2, 0.25) is 0 Å². The zero-order chi connectivity index (χ0) is 17.4. The second-order valence-electron chi connectivity index (χ2n) is 6.41. The highest BCUT2D eigenvalue weighted by molar-refractivity contribution is 6.35. The predicted molar refractivity (Wildman–Crippen MR) is 94.2 cm³/mol. The fraction of sp³-hybridized carbons (Fsp3) is 0.263. The minimum absolute atomic E-state index is 0.335. The van der Waals surface area contributed by atoms with Crippen molar-refractivity contribution in [1.82, 2.24) is 15.3 Å². The summed E-state index contributed by atoms with van der Waals surface area (Å²) in [5.74, 6) is -0.957. The maximum atomic E-state index is 12.5. The van der Waals surface area contributed by atoms with Crippen LogP contribution in [-0.2, 0) is 16.1 Å². The molecular weight excluding hydrogens is 316 g/mol. The van der Waals surface area contributed by atoms with Gasteiger partial charge in [-0.1, -0.05) is 48.0 Å². The number of fused-ring (bicyclic) bond motifs is 1. The Morgan fingerprint density at radius 2 is 1.60 bits per heavy atom. The first-order chi connectivity index (χ1) is 12.1. The van der Waals surface area contributed by atoms with Gasteiger partial charge in [0.2, 0.25) is 0 Å². The van der Waals surface area contributed by atoms with Gasteiger partial charge in [0.25, 0.3) is 0 Å². The zero-order valence-corrected chi connectivity index (χ0v) is 14.1. The molecule has 0 aliphatic carbocycles. The Bertz CT molecular complexity index is 791. The standard InChI is InChI=1S/C19H20N4O2/c1-14-7-9-15(10-8-14)13-23-18(25)17(24)22-12-11-21(19(22)20-23)16-5-3-2-4-6-16/h2-10,19-20H,11-13H2,1H3. The van der Waals surface area contributed by atoms with E-state index in [4.69, 9.17) is 0 Å². The molecule has 0 bridgehead atoms. The Morgan fingerprint density at radius 3 is 2.32 bits per heavy atom. The molecule has 2 amide bonds. The normalized spacial score (nSPS) is 20.2. The zero-order valence-electron chi connectivity index (χ0n) is 14.1. The van der Waals surface area contributed by atoms with Crippen LogP contribution in [-0.4, -0.2) is 41.1 Å². The summed E-state index contributed by atoms with van der Waals surface area (Å²) in [6.45, 7) is 3.61. The number of nitrogens with zero attached hydrogens (tertiary/aromatic N) is 3. The SMILES string of the molecule is Cc1ccc(CN2NC3N(CCN3c3ccccc3)C(=O)C2=O)cc1. The number of hydrogen-bond donors (Lipinski definition) is 1. The van der Waals surface area contributed by atoms with Gasteiger partial charge in [-0.15, -0.1) is 0 Å². The van der Waals surface area contributed by atoms with Gasteiger partial charge in [-0.05, 0) is 24.6 Å². The van der Waals surface area contributed by atoms with E-state index in [9.17, 15) is 9.59 Å². The monoisotopic (exact) mass is 336 g/mol. The average molecular weight is 336 g/mol. The molecule has 2 saturated heterocycles. The molecule has 6 nitrogen and oxygen atoms in total. The first-order valence-electron chi connectivity index (χ1n) is 8.39. The van der Waals surface area contributed by atoms with Crippen LogP contribution < -0.4 is 10.3 Å². The predicted octanol–water partition coefficient (Wildman–Crippen LogP) is 1.47. The minimum Gasteiger partial charge on any atom is -0.336 e. The molecule has 0 saturated carbocycles. The number of carbonyl (C=O) groups is 2. The number of benzene rings is 2. The van der Waals surface area contributed by atoms with Crippen molar-refractivity contribution < 1.29 is 9.59 Å². The fourth-order valence-corrected chi connectivity index (χ4v) is 3.30. The lowest BCUT2D eigenvalue weighted by Gasteiger charge is -2.40. The van der Waals surface area contributed by atoms with Gasteiger partial charge in [-0.3, -0.25) is 19.5 Å². The molecular formula is C19H20N4O2. The van der Waals surface area contributed by atoms with Crippen LogP contribution in [0.25, 0.3) is 0 Å². The third-order valence-electron chi connectivity index (χ3n) is 4.68. The third-order valence-corrected chi connectivity index (χ3v) is 4.68. The summed E-state index contributed by atoms with van der Waals surface area (Å²) < 4.78 is 0. The molecule has 25 heavy (non-hydrogen) atoms. The molecule has 2 fully saturated rings. The molecule has 2 aromatic rings. The number of para-hydroxylation sites is 1. The lowest BCUT2D eigenvalue weighted by molar-refractivity contribution is -0.163. The van der Waals surface area contributed by atoms with Crippen molar-refractivity contribution in [3.63, 3.8) is 0 Å². The topological polar surface area (TPSA) is 55.9 Å². The lowest BCUT2D eigenvalue weighted by atomic mass is 10.1. The van der Waals surface area contributed by atoms with Crippen molar-refractivity contribution in [2.75, 3.05) is 18.0 Å². The molecule has 2 aliphatic heterocycles. The van der Waals surface area contributed by atoms with Crippen molar-refractivity contribution in [1.29, 1.82) is 0 Å². The summed E-state index contributed by atoms with van der Waals surface area (Å²) in [5, 5.41) is 1.43. The van der Waals surface area contributed by atoms with Crippen molar-refractivity contribution in [3.05, 3.63) is 65.7 Å². The summed E-state index contributed by atoms with van der Waals surface area (Å²) >= 11 is 0. The van der Waals surface area contributed by atoms with Gasteiger partial charge in [0.05, 0.1) is 6.54 Å². The molecule has 2 aliphatic rings. The molecule has 0 radical (unpaired) electrons. The van der Waals surface area contributed by atoms with Gasteiger partial charge >= 0.3 is 11.8 Å². The lowest BCUT2D eigenvalue weighted by Crippen LogP contribution is -2.67. The Kier molecular flexibility index (Phi) is 3.89. The molecule has 128 valence electrons. The van der Waals surface area contributed by atoms with Gasteiger partial charge in [-0.2, -0.15) is 5.43 Å². The first kappa shape index (κ1) is 15.7. The van der Waals surface area contributed by atoms with Crippen molar-refractivity contribution in [2.45, 2.75) is 19.8 Å². The van der Waals surface area contributed by atoms with E-state index in [1.54, 1.807) is 4.90 Å². The molecule has 4 rings (SSSR count). The van der Waals surface area contributed by atoms with Gasteiger partial charge in [0, 0.05) is 18.8 Å². The first-order valence-corrected chi connectivity index (χ1v) is 8.39. The van der Waals surface area contributed by atoms with Crippen LogP contribution >= 0.6 is 0 Å². The maximum Gasteiger partial charge on any atom is 0.326 e. The molecule has 2 aromatic carbocycles. The number of hydrogen-bond acceptors (Lipinski definition) is 4. The summed E-state index contributed by atoms with van der Waals surface area (Å²) in [7, 11) is 0. The van der Waals surface area contributed by atoms with Crippen molar-refractivity contribution in [3.8, 4) is 0 Å². The molecule has 6 heteroatoms. The van der Waals surface area contributed by atoms with E-state index in [1.165, 1.54) is 5.01 Å². The number of nitrogens with one attached hydrogen (secondary N) is 1. The third kappa shape index (κ3) is 2.85. The summed E-state index contributed by atoms with van der Waals surface area (Å²) in [5.41, 5.74) is 6.40. The van der Waals surface area contributed by atoms with Crippen LogP contribution in [0.1, 0.15) is 11.1 Å². The fourth-order valence-electron chi connectivity index (χ4n) is 3.30. The van der Waals surface area contributed by atoms with Crippen LogP contribution in [0.5, 0.6) is 0 Å². The van der Waals surface area contributed by atoms with Crippen LogP contribution in [0, 0.1) is 6.92 Å². The Labute approximate surface area is 146 Å². The van der Waals surface area contributed by atoms with E-state index in [2.05, 4.69) is 10.3 Å².